The van der Waals surface area contributed by atoms with Gasteiger partial charge in [0.05, 0.1) is 5.69 Å². The fraction of sp³-hybridized carbons (Fsp3) is 0.0784. The van der Waals surface area contributed by atoms with E-state index in [0.29, 0.717) is 0 Å². The van der Waals surface area contributed by atoms with Crippen LogP contribution in [0.25, 0.3) is 110 Å². The highest BCUT2D eigenvalue weighted by atomic mass is 16.3. The zero-order chi connectivity index (χ0) is 36.1. The Morgan fingerprint density at radius 1 is 0.389 bits per heavy atom. The third kappa shape index (κ3) is 4.58. The van der Waals surface area contributed by atoms with Gasteiger partial charge in [0, 0.05) is 44.4 Å². The molecular weight excluding hydrogens is 659 g/mol. The highest BCUT2D eigenvalue weighted by molar-refractivity contribution is 6.28. The van der Waals surface area contributed by atoms with Gasteiger partial charge in [0.2, 0.25) is 0 Å². The lowest BCUT2D eigenvalue weighted by molar-refractivity contribution is 0.590. The van der Waals surface area contributed by atoms with E-state index in [4.69, 9.17) is 13.8 Å². The second kappa shape index (κ2) is 11.4. The number of furan rings is 2. The molecule has 8 aromatic carbocycles. The maximum atomic E-state index is 6.84. The van der Waals surface area contributed by atoms with Crippen molar-refractivity contribution >= 4 is 76.2 Å². The number of benzene rings is 8. The molecule has 256 valence electrons. The van der Waals surface area contributed by atoms with Gasteiger partial charge in [-0.1, -0.05) is 142 Å². The highest BCUT2D eigenvalue weighted by Gasteiger charge is 2.20. The Morgan fingerprint density at radius 2 is 0.889 bits per heavy atom. The monoisotopic (exact) mass is 693 g/mol. The predicted octanol–water partition coefficient (Wildman–Crippen LogP) is 14.6. The lowest BCUT2D eigenvalue weighted by Gasteiger charge is -2.19. The standard InChI is InChI=1S/C51H35NO2/c1-51(2,3)32-23-21-30(22-24-32)33-15-8-17-39-40-18-9-16-34(49(40)54-48(33)39)31-25-26-52-46(27-31)42-20-10-19-41-45-28-43-37-13-6-4-11-35(37)36-12-5-7-14-38(36)44(43)29-47(45)53-50(41)42/h4-29H,1-3H3. The Hall–Kier alpha value is -6.71. The lowest BCUT2D eigenvalue weighted by Crippen LogP contribution is -2.10. The second-order valence-electron chi connectivity index (χ2n) is 15.5. The number of pyridine rings is 1. The van der Waals surface area contributed by atoms with Crippen LogP contribution in [0.5, 0.6) is 0 Å². The van der Waals surface area contributed by atoms with Crippen LogP contribution in [0.3, 0.4) is 0 Å². The number of fused-ring (bicyclic) bond motifs is 12. The first-order chi connectivity index (χ1) is 26.4. The minimum atomic E-state index is 0.0947. The van der Waals surface area contributed by atoms with Crippen molar-refractivity contribution in [2.75, 3.05) is 0 Å². The van der Waals surface area contributed by atoms with E-state index in [9.17, 15) is 0 Å². The molecule has 3 heteroatoms. The molecule has 3 aromatic heterocycles. The summed E-state index contributed by atoms with van der Waals surface area (Å²) in [4.78, 5) is 4.90. The number of nitrogens with zero attached hydrogens (tertiary/aromatic N) is 1. The van der Waals surface area contributed by atoms with Crippen molar-refractivity contribution in [1.82, 2.24) is 4.98 Å². The minimum Gasteiger partial charge on any atom is -0.455 e. The molecule has 0 aliphatic rings. The van der Waals surface area contributed by atoms with E-state index in [1.54, 1.807) is 0 Å². The molecule has 0 aliphatic heterocycles. The van der Waals surface area contributed by atoms with Crippen molar-refractivity contribution < 1.29 is 8.83 Å². The minimum absolute atomic E-state index is 0.0947. The molecule has 0 saturated heterocycles. The largest absolute Gasteiger partial charge is 0.455 e. The van der Waals surface area contributed by atoms with E-state index in [0.717, 1.165) is 77.4 Å². The van der Waals surface area contributed by atoms with E-state index in [-0.39, 0.29) is 5.41 Å². The molecule has 3 nitrogen and oxygen atoms in total. The van der Waals surface area contributed by atoms with Crippen LogP contribution in [0.4, 0.5) is 0 Å². The first-order valence-electron chi connectivity index (χ1n) is 18.6. The summed E-state index contributed by atoms with van der Waals surface area (Å²) in [6.07, 6.45) is 1.89. The van der Waals surface area contributed by atoms with Crippen LogP contribution in [0, 0.1) is 0 Å². The third-order valence-corrected chi connectivity index (χ3v) is 11.3. The summed E-state index contributed by atoms with van der Waals surface area (Å²) in [5, 5.41) is 11.8. The number of para-hydroxylation sites is 3. The summed E-state index contributed by atoms with van der Waals surface area (Å²) >= 11 is 0. The molecule has 54 heavy (non-hydrogen) atoms. The van der Waals surface area contributed by atoms with Crippen molar-refractivity contribution in [1.29, 1.82) is 0 Å². The molecule has 3 heterocycles. The quantitative estimate of drug-likeness (QED) is 0.173. The number of hydrogen-bond donors (Lipinski definition) is 0. The van der Waals surface area contributed by atoms with Gasteiger partial charge in [0.1, 0.15) is 22.3 Å². The van der Waals surface area contributed by atoms with Crippen molar-refractivity contribution in [3.05, 3.63) is 163 Å². The Kier molecular flexibility index (Phi) is 6.51. The SMILES string of the molecule is CC(C)(C)c1ccc(-c2cccc3c2oc2c(-c4ccnc(-c5cccc6c5oc5cc7c8ccccc8c8ccccc8c7cc56)c4)cccc23)cc1. The summed E-state index contributed by atoms with van der Waals surface area (Å²) in [5.41, 5.74) is 11.0. The summed E-state index contributed by atoms with van der Waals surface area (Å²) in [6.45, 7) is 6.74. The molecule has 0 N–H and O–H groups in total. The molecule has 0 spiro atoms. The molecule has 11 aromatic rings. The zero-order valence-electron chi connectivity index (χ0n) is 30.3. The number of aromatic nitrogens is 1. The maximum Gasteiger partial charge on any atom is 0.144 e. The van der Waals surface area contributed by atoms with Crippen LogP contribution in [0.2, 0.25) is 0 Å². The van der Waals surface area contributed by atoms with Crippen molar-refractivity contribution in [3.63, 3.8) is 0 Å². The molecule has 0 amide bonds. The Morgan fingerprint density at radius 3 is 1.50 bits per heavy atom. The molecule has 0 bridgehead atoms. The second-order valence-corrected chi connectivity index (χ2v) is 15.5. The van der Waals surface area contributed by atoms with Crippen molar-refractivity contribution in [2.24, 2.45) is 0 Å². The normalized spacial score (nSPS) is 12.4. The van der Waals surface area contributed by atoms with Gasteiger partial charge in [-0.3, -0.25) is 4.98 Å². The fourth-order valence-electron chi connectivity index (χ4n) is 8.57. The number of rotatable bonds is 3. The van der Waals surface area contributed by atoms with Crippen LogP contribution in [0.15, 0.2) is 167 Å². The Balaban J connectivity index is 1.06. The molecule has 0 aliphatic carbocycles. The van der Waals surface area contributed by atoms with E-state index < -0.39 is 0 Å². The summed E-state index contributed by atoms with van der Waals surface area (Å²) in [6, 6.07) is 54.3. The van der Waals surface area contributed by atoms with Crippen molar-refractivity contribution in [3.8, 4) is 33.5 Å². The van der Waals surface area contributed by atoms with Gasteiger partial charge >= 0.3 is 0 Å². The molecule has 11 rings (SSSR count). The topological polar surface area (TPSA) is 39.2 Å². The smallest absolute Gasteiger partial charge is 0.144 e. The molecule has 0 radical (unpaired) electrons. The summed E-state index contributed by atoms with van der Waals surface area (Å²) in [5.74, 6) is 0. The van der Waals surface area contributed by atoms with Gasteiger partial charge in [-0.05, 0) is 84.8 Å². The zero-order valence-corrected chi connectivity index (χ0v) is 30.3. The van der Waals surface area contributed by atoms with Gasteiger partial charge < -0.3 is 8.83 Å². The van der Waals surface area contributed by atoms with Crippen LogP contribution in [-0.4, -0.2) is 4.98 Å². The Bertz CT molecular complexity index is 3300. The number of hydrogen-bond acceptors (Lipinski definition) is 3. The maximum absolute atomic E-state index is 6.84. The van der Waals surface area contributed by atoms with E-state index in [2.05, 4.69) is 172 Å². The molecule has 0 fully saturated rings. The predicted molar refractivity (Wildman–Crippen MR) is 226 cm³/mol. The molecular formula is C51H35NO2. The van der Waals surface area contributed by atoms with Gasteiger partial charge in [-0.15, -0.1) is 0 Å². The third-order valence-electron chi connectivity index (χ3n) is 11.3. The summed E-state index contributed by atoms with van der Waals surface area (Å²) in [7, 11) is 0. The molecule has 0 atom stereocenters. The van der Waals surface area contributed by atoms with Gasteiger partial charge in [-0.25, -0.2) is 0 Å². The van der Waals surface area contributed by atoms with Crippen LogP contribution < -0.4 is 0 Å². The van der Waals surface area contributed by atoms with E-state index in [1.165, 1.54) is 37.9 Å². The lowest BCUT2D eigenvalue weighted by atomic mass is 9.86. The van der Waals surface area contributed by atoms with E-state index in [1.807, 2.05) is 6.20 Å². The first kappa shape index (κ1) is 30.9. The van der Waals surface area contributed by atoms with Crippen LogP contribution >= 0.6 is 0 Å². The van der Waals surface area contributed by atoms with Gasteiger partial charge in [0.25, 0.3) is 0 Å². The first-order valence-corrected chi connectivity index (χ1v) is 18.6. The van der Waals surface area contributed by atoms with Crippen LogP contribution in [-0.2, 0) is 5.41 Å². The fourth-order valence-corrected chi connectivity index (χ4v) is 8.57. The molecule has 0 unspecified atom stereocenters. The van der Waals surface area contributed by atoms with Crippen LogP contribution in [0.1, 0.15) is 26.3 Å². The average molecular weight is 694 g/mol. The van der Waals surface area contributed by atoms with Gasteiger partial charge in [-0.2, -0.15) is 0 Å². The average Bonchev–Trinajstić information content (AvgIpc) is 3.78. The van der Waals surface area contributed by atoms with Crippen molar-refractivity contribution in [2.45, 2.75) is 26.2 Å². The highest BCUT2D eigenvalue weighted by Crippen LogP contribution is 2.44. The summed E-state index contributed by atoms with van der Waals surface area (Å²) < 4.78 is 13.6. The van der Waals surface area contributed by atoms with Gasteiger partial charge in [0.15, 0.2) is 0 Å². The Labute approximate surface area is 312 Å². The van der Waals surface area contributed by atoms with E-state index >= 15 is 0 Å². The molecule has 0 saturated carbocycles.